The van der Waals surface area contributed by atoms with Gasteiger partial charge in [-0.25, -0.2) is 23.7 Å². The van der Waals surface area contributed by atoms with Crippen molar-refractivity contribution in [3.05, 3.63) is 101 Å². The molecule has 0 spiro atoms. The van der Waals surface area contributed by atoms with Crippen LogP contribution in [0.15, 0.2) is 83.8 Å². The third-order valence-corrected chi connectivity index (χ3v) is 11.2. The lowest BCUT2D eigenvalue weighted by Gasteiger charge is -2.35. The summed E-state index contributed by atoms with van der Waals surface area (Å²) >= 11 is 0. The van der Waals surface area contributed by atoms with Gasteiger partial charge in [0.15, 0.2) is 5.65 Å². The zero-order valence-electron chi connectivity index (χ0n) is 30.6. The van der Waals surface area contributed by atoms with Gasteiger partial charge in [0.25, 0.3) is 0 Å². The maximum absolute atomic E-state index is 14.1. The molecule has 3 aliphatic rings. The number of nitrogens with one attached hydrogen (secondary N) is 2. The highest BCUT2D eigenvalue weighted by molar-refractivity contribution is 6.00. The SMILES string of the molecule is Cn1c(=O)n(C2CCC(=O)NC2=O)c2cccc(NCCN3CCN(c4cccc(-c5cnc6ccc(N7CCC[C@@H]7c7cccc(F)c7)nn56)n4)CC3)c21. The Morgan fingerprint density at radius 1 is 0.891 bits per heavy atom. The predicted octanol–water partition coefficient (Wildman–Crippen LogP) is 4.14. The standard InChI is InChI=1S/C40H42FN11O3/c1-47-38-29(9-3-10-31(38)51(40(47)55)32-13-16-37(53)45-39(32)54)42-17-19-48-20-22-49(23-21-48)35-12-4-8-28(44-35)33-25-43-34-14-15-36(46-52(33)34)50-18-5-11-30(50)26-6-2-7-27(41)24-26/h2-4,6-10,12,14-15,24-25,30,32,42H,5,11,13,16-23H2,1H3,(H,45,53,54)/t30-,32?/m1/s1. The fourth-order valence-electron chi connectivity index (χ4n) is 8.39. The monoisotopic (exact) mass is 743 g/mol. The summed E-state index contributed by atoms with van der Waals surface area (Å²) in [6.07, 6.45) is 4.26. The Morgan fingerprint density at radius 3 is 2.56 bits per heavy atom. The minimum Gasteiger partial charge on any atom is -0.382 e. The second-order valence-electron chi connectivity index (χ2n) is 14.5. The molecule has 7 heterocycles. The molecule has 0 saturated carbocycles. The molecule has 2 aromatic carbocycles. The number of aryl methyl sites for hydroxylation is 1. The van der Waals surface area contributed by atoms with E-state index < -0.39 is 11.9 Å². The third-order valence-electron chi connectivity index (χ3n) is 11.2. The molecule has 282 valence electrons. The Bertz CT molecular complexity index is 2480. The van der Waals surface area contributed by atoms with E-state index in [0.29, 0.717) is 18.5 Å². The van der Waals surface area contributed by atoms with Gasteiger partial charge in [0.05, 0.1) is 34.7 Å². The molecule has 3 aliphatic heterocycles. The number of rotatable bonds is 9. The lowest BCUT2D eigenvalue weighted by atomic mass is 10.0. The van der Waals surface area contributed by atoms with Crippen molar-refractivity contribution >= 4 is 45.8 Å². The number of nitrogens with zero attached hydrogens (tertiary/aromatic N) is 9. The number of amides is 2. The van der Waals surface area contributed by atoms with Crippen molar-refractivity contribution in [3.63, 3.8) is 0 Å². The van der Waals surface area contributed by atoms with Crippen molar-refractivity contribution in [1.82, 2.24) is 38.9 Å². The quantitative estimate of drug-likeness (QED) is 0.208. The van der Waals surface area contributed by atoms with Crippen molar-refractivity contribution < 1.29 is 14.0 Å². The highest BCUT2D eigenvalue weighted by atomic mass is 19.1. The summed E-state index contributed by atoms with van der Waals surface area (Å²) in [5.74, 6) is 0.749. The molecule has 3 saturated heterocycles. The van der Waals surface area contributed by atoms with Crippen LogP contribution in [0.3, 0.4) is 0 Å². The first-order valence-corrected chi connectivity index (χ1v) is 18.9. The number of hydrogen-bond donors (Lipinski definition) is 2. The summed E-state index contributed by atoms with van der Waals surface area (Å²) in [4.78, 5) is 54.3. The van der Waals surface area contributed by atoms with E-state index in [2.05, 4.69) is 30.3 Å². The lowest BCUT2D eigenvalue weighted by Crippen LogP contribution is -2.47. The molecule has 0 bridgehead atoms. The molecule has 55 heavy (non-hydrogen) atoms. The summed E-state index contributed by atoms with van der Waals surface area (Å²) in [6, 6.07) is 21.9. The molecule has 6 aromatic rings. The highest BCUT2D eigenvalue weighted by Gasteiger charge is 2.32. The minimum absolute atomic E-state index is 0.0628. The van der Waals surface area contributed by atoms with Gasteiger partial charge in [0, 0.05) is 59.3 Å². The molecular formula is C40H42FN11O3. The van der Waals surface area contributed by atoms with E-state index in [0.717, 1.165) is 97.5 Å². The number of hydrogen-bond acceptors (Lipinski definition) is 10. The molecule has 2 N–H and O–H groups in total. The van der Waals surface area contributed by atoms with Gasteiger partial charge in [0.1, 0.15) is 29.2 Å². The van der Waals surface area contributed by atoms with Crippen LogP contribution in [0.25, 0.3) is 28.1 Å². The first kappa shape index (κ1) is 34.7. The molecule has 4 aromatic heterocycles. The zero-order valence-corrected chi connectivity index (χ0v) is 30.6. The lowest BCUT2D eigenvalue weighted by molar-refractivity contribution is -0.135. The Morgan fingerprint density at radius 2 is 1.73 bits per heavy atom. The van der Waals surface area contributed by atoms with Crippen molar-refractivity contribution in [3.8, 4) is 11.4 Å². The fraction of sp³-hybridized carbons (Fsp3) is 0.350. The Labute approximate surface area is 316 Å². The van der Waals surface area contributed by atoms with Crippen molar-refractivity contribution in [1.29, 1.82) is 0 Å². The largest absolute Gasteiger partial charge is 0.382 e. The molecule has 9 rings (SSSR count). The normalized spacial score (nSPS) is 19.5. The number of imidazole rings is 2. The number of anilines is 3. The topological polar surface area (TPSA) is 138 Å². The van der Waals surface area contributed by atoms with Crippen LogP contribution in [0, 0.1) is 5.82 Å². The number of imide groups is 1. The van der Waals surface area contributed by atoms with Gasteiger partial charge in [-0.1, -0.05) is 24.3 Å². The van der Waals surface area contributed by atoms with Gasteiger partial charge in [-0.15, -0.1) is 5.10 Å². The number of aromatic nitrogens is 6. The molecule has 15 heteroatoms. The third kappa shape index (κ3) is 6.47. The molecule has 3 fully saturated rings. The van der Waals surface area contributed by atoms with Crippen molar-refractivity contribution in [2.75, 3.05) is 60.9 Å². The molecule has 1 unspecified atom stereocenters. The number of fused-ring (bicyclic) bond motifs is 2. The number of piperazine rings is 1. The van der Waals surface area contributed by atoms with Gasteiger partial charge < -0.3 is 15.1 Å². The van der Waals surface area contributed by atoms with E-state index in [-0.39, 0.29) is 29.9 Å². The average Bonchev–Trinajstić information content (AvgIpc) is 3.92. The van der Waals surface area contributed by atoms with Gasteiger partial charge >= 0.3 is 5.69 Å². The zero-order chi connectivity index (χ0) is 37.6. The number of piperidine rings is 1. The minimum atomic E-state index is -0.721. The molecule has 0 aliphatic carbocycles. The van der Waals surface area contributed by atoms with Gasteiger partial charge in [-0.3, -0.25) is 28.9 Å². The number of carbonyl (C=O) groups excluding carboxylic acids is 2. The molecule has 14 nitrogen and oxygen atoms in total. The fourth-order valence-corrected chi connectivity index (χ4v) is 8.39. The maximum Gasteiger partial charge on any atom is 0.329 e. The van der Waals surface area contributed by atoms with Gasteiger partial charge in [0.2, 0.25) is 11.8 Å². The van der Waals surface area contributed by atoms with Crippen LogP contribution in [0.1, 0.15) is 43.3 Å². The Kier molecular flexibility index (Phi) is 9.00. The molecule has 2 atom stereocenters. The Hall–Kier alpha value is -6.09. The predicted molar refractivity (Wildman–Crippen MR) is 208 cm³/mol. The molecule has 2 amide bonds. The van der Waals surface area contributed by atoms with E-state index in [1.54, 1.807) is 23.7 Å². The van der Waals surface area contributed by atoms with Crippen LogP contribution >= 0.6 is 0 Å². The van der Waals surface area contributed by atoms with Crippen LogP contribution in [-0.2, 0) is 16.6 Å². The number of para-hydroxylation sites is 1. The number of benzene rings is 2. The number of pyridine rings is 1. The summed E-state index contributed by atoms with van der Waals surface area (Å²) in [5, 5.41) is 10.9. The van der Waals surface area contributed by atoms with Crippen LogP contribution in [0.5, 0.6) is 0 Å². The van der Waals surface area contributed by atoms with Gasteiger partial charge in [-0.05, 0) is 73.4 Å². The van der Waals surface area contributed by atoms with E-state index >= 15 is 0 Å². The molecule has 0 radical (unpaired) electrons. The van der Waals surface area contributed by atoms with Crippen molar-refractivity contribution in [2.24, 2.45) is 7.05 Å². The van der Waals surface area contributed by atoms with Crippen LogP contribution in [0.4, 0.5) is 21.7 Å². The number of carbonyl (C=O) groups is 2. The van der Waals surface area contributed by atoms with Crippen LogP contribution in [0.2, 0.25) is 0 Å². The van der Waals surface area contributed by atoms with Crippen LogP contribution < -0.4 is 26.1 Å². The van der Waals surface area contributed by atoms with Crippen molar-refractivity contribution in [2.45, 2.75) is 37.8 Å². The first-order valence-electron chi connectivity index (χ1n) is 18.9. The average molecular weight is 744 g/mol. The summed E-state index contributed by atoms with van der Waals surface area (Å²) < 4.78 is 19.0. The Balaban J connectivity index is 0.850. The smallest absolute Gasteiger partial charge is 0.329 e. The van der Waals surface area contributed by atoms with Crippen LogP contribution in [-0.4, -0.2) is 91.2 Å². The first-order chi connectivity index (χ1) is 26.8. The second-order valence-corrected chi connectivity index (χ2v) is 14.5. The summed E-state index contributed by atoms with van der Waals surface area (Å²) in [5.41, 5.74) is 5.23. The molecular weight excluding hydrogens is 702 g/mol. The number of halogens is 1. The van der Waals surface area contributed by atoms with E-state index in [1.165, 1.54) is 10.6 Å². The summed E-state index contributed by atoms with van der Waals surface area (Å²) in [6.45, 7) is 5.71. The highest BCUT2D eigenvalue weighted by Crippen LogP contribution is 2.36. The summed E-state index contributed by atoms with van der Waals surface area (Å²) in [7, 11) is 1.71. The van der Waals surface area contributed by atoms with E-state index in [1.807, 2.05) is 65.3 Å². The maximum atomic E-state index is 14.1. The second kappa shape index (κ2) is 14.3. The van der Waals surface area contributed by atoms with E-state index in [4.69, 9.17) is 10.1 Å². The van der Waals surface area contributed by atoms with E-state index in [9.17, 15) is 18.8 Å². The van der Waals surface area contributed by atoms with Gasteiger partial charge in [-0.2, -0.15) is 0 Å².